The summed E-state index contributed by atoms with van der Waals surface area (Å²) in [6.07, 6.45) is 2.90. The molecule has 1 rings (SSSR count). The Balaban J connectivity index is 2.27. The van der Waals surface area contributed by atoms with Crippen molar-refractivity contribution in [3.05, 3.63) is 30.1 Å². The summed E-state index contributed by atoms with van der Waals surface area (Å²) in [5.74, 6) is 0.825. The van der Waals surface area contributed by atoms with Crippen molar-refractivity contribution in [2.75, 3.05) is 20.1 Å². The van der Waals surface area contributed by atoms with Crippen molar-refractivity contribution in [2.24, 2.45) is 4.99 Å². The second-order valence-electron chi connectivity index (χ2n) is 5.95. The van der Waals surface area contributed by atoms with Crippen LogP contribution in [0.5, 0.6) is 0 Å². The molecule has 1 aromatic rings. The number of rotatable bonds is 8. The predicted octanol–water partition coefficient (Wildman–Crippen LogP) is 2.26. The van der Waals surface area contributed by atoms with Crippen LogP contribution in [0.3, 0.4) is 0 Å². The number of hydrogen-bond acceptors (Lipinski definition) is 3. The monoisotopic (exact) mass is 305 g/mol. The molecule has 0 saturated heterocycles. The molecule has 5 nitrogen and oxygen atoms in total. The lowest BCUT2D eigenvalue weighted by molar-refractivity contribution is 0.173. The molecule has 0 aliphatic carbocycles. The highest BCUT2D eigenvalue weighted by Crippen LogP contribution is 2.05. The number of hydrogen-bond donors (Lipinski definition) is 2. The van der Waals surface area contributed by atoms with Gasteiger partial charge in [-0.1, -0.05) is 6.07 Å². The van der Waals surface area contributed by atoms with Crippen LogP contribution in [0.25, 0.3) is 0 Å². The van der Waals surface area contributed by atoms with Crippen LogP contribution in [0.1, 0.15) is 39.8 Å². The maximum Gasteiger partial charge on any atom is 0.191 e. The molecule has 0 aromatic carbocycles. The van der Waals surface area contributed by atoms with Gasteiger partial charge in [-0.2, -0.15) is 0 Å². The Morgan fingerprint density at radius 3 is 2.45 bits per heavy atom. The third-order valence-corrected chi connectivity index (χ3v) is 3.60. The summed E-state index contributed by atoms with van der Waals surface area (Å²) < 4.78 is 0. The molecule has 0 aliphatic rings. The number of aliphatic imine (C=N–C) groups is 1. The zero-order chi connectivity index (χ0) is 16.4. The van der Waals surface area contributed by atoms with Gasteiger partial charge in [0.1, 0.15) is 0 Å². The van der Waals surface area contributed by atoms with E-state index in [4.69, 9.17) is 0 Å². The molecular weight excluding hydrogens is 274 g/mol. The van der Waals surface area contributed by atoms with Crippen LogP contribution < -0.4 is 10.6 Å². The van der Waals surface area contributed by atoms with Crippen molar-refractivity contribution in [1.29, 1.82) is 0 Å². The van der Waals surface area contributed by atoms with Gasteiger partial charge in [-0.25, -0.2) is 0 Å². The first-order valence-electron chi connectivity index (χ1n) is 8.14. The van der Waals surface area contributed by atoms with Gasteiger partial charge in [-0.15, -0.1) is 0 Å². The Bertz CT molecular complexity index is 420. The van der Waals surface area contributed by atoms with Crippen molar-refractivity contribution < 1.29 is 0 Å². The van der Waals surface area contributed by atoms with E-state index in [2.05, 4.69) is 53.2 Å². The van der Waals surface area contributed by atoms with E-state index in [0.717, 1.165) is 31.2 Å². The third kappa shape index (κ3) is 6.89. The lowest BCUT2D eigenvalue weighted by Gasteiger charge is -2.30. The van der Waals surface area contributed by atoms with E-state index in [9.17, 15) is 0 Å². The van der Waals surface area contributed by atoms with Crippen molar-refractivity contribution in [3.8, 4) is 0 Å². The zero-order valence-corrected chi connectivity index (χ0v) is 14.6. The molecule has 0 radical (unpaired) electrons. The molecule has 22 heavy (non-hydrogen) atoms. The highest BCUT2D eigenvalue weighted by molar-refractivity contribution is 5.79. The summed E-state index contributed by atoms with van der Waals surface area (Å²) in [7, 11) is 1.79. The Morgan fingerprint density at radius 2 is 1.91 bits per heavy atom. The van der Waals surface area contributed by atoms with Crippen LogP contribution in [0.15, 0.2) is 29.4 Å². The van der Waals surface area contributed by atoms with E-state index < -0.39 is 0 Å². The topological polar surface area (TPSA) is 52.6 Å². The highest BCUT2D eigenvalue weighted by atomic mass is 15.2. The largest absolute Gasteiger partial charge is 0.356 e. The summed E-state index contributed by atoms with van der Waals surface area (Å²) in [5, 5.41) is 6.64. The molecule has 0 atom stereocenters. The van der Waals surface area contributed by atoms with E-state index in [1.165, 1.54) is 0 Å². The molecule has 1 aromatic heterocycles. The van der Waals surface area contributed by atoms with Crippen LogP contribution in [-0.2, 0) is 6.54 Å². The number of nitrogens with zero attached hydrogens (tertiary/aromatic N) is 3. The van der Waals surface area contributed by atoms with Crippen LogP contribution in [0.4, 0.5) is 0 Å². The molecule has 0 bridgehead atoms. The molecule has 0 aliphatic heterocycles. The average molecular weight is 305 g/mol. The molecule has 0 saturated carbocycles. The number of nitrogens with one attached hydrogen (secondary N) is 2. The van der Waals surface area contributed by atoms with E-state index in [0.29, 0.717) is 18.6 Å². The second-order valence-corrected chi connectivity index (χ2v) is 5.95. The predicted molar refractivity (Wildman–Crippen MR) is 94.0 cm³/mol. The summed E-state index contributed by atoms with van der Waals surface area (Å²) in [5.41, 5.74) is 1.01. The quantitative estimate of drug-likeness (QED) is 0.439. The third-order valence-electron chi connectivity index (χ3n) is 3.60. The fourth-order valence-electron chi connectivity index (χ4n) is 2.48. The van der Waals surface area contributed by atoms with Gasteiger partial charge in [-0.05, 0) is 46.2 Å². The molecule has 5 heteroatoms. The fraction of sp³-hybridized carbons (Fsp3) is 0.647. The lowest BCUT2D eigenvalue weighted by Crippen LogP contribution is -2.41. The van der Waals surface area contributed by atoms with Gasteiger partial charge in [-0.3, -0.25) is 14.9 Å². The molecule has 0 amide bonds. The van der Waals surface area contributed by atoms with Gasteiger partial charge in [0.2, 0.25) is 0 Å². The van der Waals surface area contributed by atoms with Gasteiger partial charge in [0.25, 0.3) is 0 Å². The fourth-order valence-corrected chi connectivity index (χ4v) is 2.48. The maximum absolute atomic E-state index is 4.29. The lowest BCUT2D eigenvalue weighted by atomic mass is 10.2. The number of guanidine groups is 1. The number of aromatic nitrogens is 1. The summed E-state index contributed by atoms with van der Waals surface area (Å²) in [6, 6.07) is 7.09. The van der Waals surface area contributed by atoms with Crippen molar-refractivity contribution in [3.63, 3.8) is 0 Å². The average Bonchev–Trinajstić information content (AvgIpc) is 2.50. The Labute approximate surface area is 135 Å². The minimum absolute atomic E-state index is 0.585. The van der Waals surface area contributed by atoms with Crippen LogP contribution in [0, 0.1) is 0 Å². The van der Waals surface area contributed by atoms with Crippen LogP contribution in [-0.4, -0.2) is 48.1 Å². The van der Waals surface area contributed by atoms with Gasteiger partial charge in [0, 0.05) is 38.4 Å². The normalized spacial score (nSPS) is 12.3. The molecule has 124 valence electrons. The number of pyridine rings is 1. The first-order chi connectivity index (χ1) is 10.5. The molecule has 0 unspecified atom stereocenters. The smallest absolute Gasteiger partial charge is 0.191 e. The summed E-state index contributed by atoms with van der Waals surface area (Å²) in [6.45, 7) is 11.7. The molecule has 0 spiro atoms. The zero-order valence-electron chi connectivity index (χ0n) is 14.6. The van der Waals surface area contributed by atoms with Crippen LogP contribution >= 0.6 is 0 Å². The second kappa shape index (κ2) is 10.2. The SMILES string of the molecule is CN=C(NCCCN(C(C)C)C(C)C)NCc1ccccn1. The minimum Gasteiger partial charge on any atom is -0.356 e. The Hall–Kier alpha value is -1.62. The standard InChI is InChI=1S/C17H31N5/c1-14(2)22(15(3)4)12-8-11-20-17(18-5)21-13-16-9-6-7-10-19-16/h6-7,9-10,14-15H,8,11-13H2,1-5H3,(H2,18,20,21). The minimum atomic E-state index is 0.585. The maximum atomic E-state index is 4.29. The van der Waals surface area contributed by atoms with E-state index in [1.54, 1.807) is 13.2 Å². The van der Waals surface area contributed by atoms with Crippen molar-refractivity contribution in [2.45, 2.75) is 52.7 Å². The van der Waals surface area contributed by atoms with E-state index in [1.807, 2.05) is 18.2 Å². The van der Waals surface area contributed by atoms with Gasteiger partial charge < -0.3 is 10.6 Å². The molecule has 0 fully saturated rings. The molecule has 1 heterocycles. The van der Waals surface area contributed by atoms with E-state index in [-0.39, 0.29) is 0 Å². The van der Waals surface area contributed by atoms with Gasteiger partial charge in [0.15, 0.2) is 5.96 Å². The van der Waals surface area contributed by atoms with Gasteiger partial charge >= 0.3 is 0 Å². The van der Waals surface area contributed by atoms with E-state index >= 15 is 0 Å². The van der Waals surface area contributed by atoms with Crippen LogP contribution in [0.2, 0.25) is 0 Å². The molecule has 2 N–H and O–H groups in total. The van der Waals surface area contributed by atoms with Crippen molar-refractivity contribution in [1.82, 2.24) is 20.5 Å². The first kappa shape index (κ1) is 18.4. The van der Waals surface area contributed by atoms with Gasteiger partial charge in [0.05, 0.1) is 12.2 Å². The Morgan fingerprint density at radius 1 is 1.18 bits per heavy atom. The van der Waals surface area contributed by atoms with Crippen molar-refractivity contribution >= 4 is 5.96 Å². The first-order valence-corrected chi connectivity index (χ1v) is 8.14. The highest BCUT2D eigenvalue weighted by Gasteiger charge is 2.12. The summed E-state index contributed by atoms with van der Waals surface area (Å²) in [4.78, 5) is 11.0. The Kier molecular flexibility index (Phi) is 8.51. The molecular formula is C17H31N5. The summed E-state index contributed by atoms with van der Waals surface area (Å²) >= 11 is 0.